The molecule has 1 unspecified atom stereocenters. The van der Waals surface area contributed by atoms with Crippen LogP contribution in [0, 0.1) is 5.92 Å². The van der Waals surface area contributed by atoms with E-state index >= 15 is 0 Å². The third-order valence-electron chi connectivity index (χ3n) is 4.31. The van der Waals surface area contributed by atoms with E-state index in [4.69, 9.17) is 0 Å². The van der Waals surface area contributed by atoms with E-state index in [1.165, 1.54) is 12.1 Å². The van der Waals surface area contributed by atoms with Gasteiger partial charge in [-0.1, -0.05) is 15.9 Å². The Labute approximate surface area is 128 Å². The van der Waals surface area contributed by atoms with Crippen molar-refractivity contribution in [3.8, 4) is 0 Å². The quantitative estimate of drug-likeness (QED) is 0.918. The number of amides is 1. The molecule has 1 amide bonds. The molecule has 2 aliphatic rings. The average Bonchev–Trinajstić information content (AvgIpc) is 2.94. The number of carbonyl (C=O) groups is 1. The molecular weight excluding hydrogens is 318 g/mol. The standard InChI is InChI=1S/C15H20BrN3O/c1-18-14-8-12(16)2-3-13(14)19(10-15(18)20)7-5-11-4-6-17-9-11/h2-3,8,11,17H,4-7,9-10H2,1H3. The molecule has 3 rings (SSSR count). The first-order chi connectivity index (χ1) is 9.65. The van der Waals surface area contributed by atoms with E-state index in [9.17, 15) is 4.79 Å². The highest BCUT2D eigenvalue weighted by Gasteiger charge is 2.27. The zero-order valence-corrected chi connectivity index (χ0v) is 13.3. The van der Waals surface area contributed by atoms with Crippen molar-refractivity contribution in [1.29, 1.82) is 0 Å². The average molecular weight is 338 g/mol. The monoisotopic (exact) mass is 337 g/mol. The Morgan fingerprint density at radius 1 is 1.40 bits per heavy atom. The van der Waals surface area contributed by atoms with Crippen LogP contribution in [0.1, 0.15) is 12.8 Å². The predicted molar refractivity (Wildman–Crippen MR) is 85.4 cm³/mol. The summed E-state index contributed by atoms with van der Waals surface area (Å²) in [5.41, 5.74) is 2.17. The van der Waals surface area contributed by atoms with Crippen molar-refractivity contribution >= 4 is 33.2 Å². The summed E-state index contributed by atoms with van der Waals surface area (Å²) >= 11 is 3.49. The van der Waals surface area contributed by atoms with Crippen LogP contribution >= 0.6 is 15.9 Å². The first-order valence-electron chi connectivity index (χ1n) is 7.17. The van der Waals surface area contributed by atoms with Crippen molar-refractivity contribution in [2.75, 3.05) is 43.0 Å². The summed E-state index contributed by atoms with van der Waals surface area (Å²) < 4.78 is 1.01. The highest BCUT2D eigenvalue weighted by Crippen LogP contribution is 2.35. The molecular formula is C15H20BrN3O. The lowest BCUT2D eigenvalue weighted by Crippen LogP contribution is -2.44. The smallest absolute Gasteiger partial charge is 0.246 e. The van der Waals surface area contributed by atoms with Crippen LogP contribution in [0.5, 0.6) is 0 Å². The lowest BCUT2D eigenvalue weighted by atomic mass is 10.0. The van der Waals surface area contributed by atoms with Crippen molar-refractivity contribution in [1.82, 2.24) is 5.32 Å². The number of nitrogens with one attached hydrogen (secondary N) is 1. The molecule has 1 fully saturated rings. The van der Waals surface area contributed by atoms with Gasteiger partial charge in [-0.05, 0) is 50.0 Å². The number of hydrogen-bond donors (Lipinski definition) is 1. The Hall–Kier alpha value is -1.07. The van der Waals surface area contributed by atoms with Crippen molar-refractivity contribution in [3.05, 3.63) is 22.7 Å². The minimum atomic E-state index is 0.167. The molecule has 108 valence electrons. The first kappa shape index (κ1) is 13.9. The summed E-state index contributed by atoms with van der Waals surface area (Å²) in [4.78, 5) is 16.1. The van der Waals surface area contributed by atoms with Crippen LogP contribution in [0.3, 0.4) is 0 Å². The molecule has 2 heterocycles. The number of fused-ring (bicyclic) bond motifs is 1. The van der Waals surface area contributed by atoms with Crippen LogP contribution in [-0.4, -0.2) is 39.1 Å². The molecule has 1 aromatic rings. The Morgan fingerprint density at radius 3 is 3.00 bits per heavy atom. The molecule has 4 nitrogen and oxygen atoms in total. The number of hydrogen-bond acceptors (Lipinski definition) is 3. The number of rotatable bonds is 3. The molecule has 2 aliphatic heterocycles. The number of halogens is 1. The van der Waals surface area contributed by atoms with Crippen molar-refractivity contribution in [2.45, 2.75) is 12.8 Å². The van der Waals surface area contributed by atoms with Gasteiger partial charge in [-0.15, -0.1) is 0 Å². The van der Waals surface area contributed by atoms with Crippen LogP contribution in [-0.2, 0) is 4.79 Å². The first-order valence-corrected chi connectivity index (χ1v) is 7.96. The highest BCUT2D eigenvalue weighted by atomic mass is 79.9. The largest absolute Gasteiger partial charge is 0.361 e. The van der Waals surface area contributed by atoms with Gasteiger partial charge in [-0.2, -0.15) is 0 Å². The van der Waals surface area contributed by atoms with Crippen LogP contribution < -0.4 is 15.1 Å². The normalized spacial score (nSPS) is 22.3. The molecule has 1 aromatic carbocycles. The van der Waals surface area contributed by atoms with Crippen LogP contribution in [0.25, 0.3) is 0 Å². The van der Waals surface area contributed by atoms with Gasteiger partial charge in [0.25, 0.3) is 0 Å². The Bertz CT molecular complexity index is 514. The van der Waals surface area contributed by atoms with E-state index < -0.39 is 0 Å². The summed E-state index contributed by atoms with van der Waals surface area (Å²) in [7, 11) is 1.85. The SMILES string of the molecule is CN1C(=O)CN(CCC2CCNC2)c2ccc(Br)cc21. The number of benzene rings is 1. The minimum Gasteiger partial charge on any atom is -0.361 e. The van der Waals surface area contributed by atoms with Gasteiger partial charge >= 0.3 is 0 Å². The lowest BCUT2D eigenvalue weighted by Gasteiger charge is -2.36. The molecule has 0 radical (unpaired) electrons. The second-order valence-corrected chi connectivity index (χ2v) is 6.57. The third-order valence-corrected chi connectivity index (χ3v) is 4.80. The molecule has 1 saturated heterocycles. The van der Waals surface area contributed by atoms with Crippen molar-refractivity contribution < 1.29 is 4.79 Å². The topological polar surface area (TPSA) is 35.6 Å². The van der Waals surface area contributed by atoms with Crippen LogP contribution in [0.4, 0.5) is 11.4 Å². The Kier molecular flexibility index (Phi) is 3.98. The van der Waals surface area contributed by atoms with E-state index in [0.29, 0.717) is 6.54 Å². The van der Waals surface area contributed by atoms with E-state index in [-0.39, 0.29) is 5.91 Å². The van der Waals surface area contributed by atoms with Crippen molar-refractivity contribution in [3.63, 3.8) is 0 Å². The van der Waals surface area contributed by atoms with E-state index in [0.717, 1.165) is 42.1 Å². The molecule has 5 heteroatoms. The third kappa shape index (κ3) is 2.69. The van der Waals surface area contributed by atoms with E-state index in [1.54, 1.807) is 4.90 Å². The summed E-state index contributed by atoms with van der Waals surface area (Å²) in [6.45, 7) is 3.70. The number of carbonyl (C=O) groups excluding carboxylic acids is 1. The Morgan fingerprint density at radius 2 is 2.25 bits per heavy atom. The van der Waals surface area contributed by atoms with Crippen molar-refractivity contribution in [2.24, 2.45) is 5.92 Å². The van der Waals surface area contributed by atoms with Gasteiger partial charge < -0.3 is 15.1 Å². The van der Waals surface area contributed by atoms with Gasteiger partial charge in [0.1, 0.15) is 0 Å². The predicted octanol–water partition coefficient (Wildman–Crippen LogP) is 2.23. The van der Waals surface area contributed by atoms with Gasteiger partial charge in [-0.3, -0.25) is 4.79 Å². The number of likely N-dealkylation sites (N-methyl/N-ethyl adjacent to an activating group) is 1. The van der Waals surface area contributed by atoms with Crippen LogP contribution in [0.2, 0.25) is 0 Å². The summed E-state index contributed by atoms with van der Waals surface area (Å²) in [5, 5.41) is 3.40. The van der Waals surface area contributed by atoms with E-state index in [1.807, 2.05) is 19.2 Å². The highest BCUT2D eigenvalue weighted by molar-refractivity contribution is 9.10. The number of nitrogens with zero attached hydrogens (tertiary/aromatic N) is 2. The molecule has 0 aromatic heterocycles. The zero-order chi connectivity index (χ0) is 14.1. The summed E-state index contributed by atoms with van der Waals surface area (Å²) in [5.74, 6) is 0.920. The maximum Gasteiger partial charge on any atom is 0.246 e. The molecule has 1 atom stereocenters. The Balaban J connectivity index is 1.78. The fourth-order valence-electron chi connectivity index (χ4n) is 3.02. The molecule has 20 heavy (non-hydrogen) atoms. The second kappa shape index (κ2) is 5.74. The molecule has 0 spiro atoms. The molecule has 0 saturated carbocycles. The second-order valence-electron chi connectivity index (χ2n) is 5.65. The van der Waals surface area contributed by atoms with Gasteiger partial charge in [-0.25, -0.2) is 0 Å². The van der Waals surface area contributed by atoms with Gasteiger partial charge in [0.15, 0.2) is 0 Å². The summed E-state index contributed by atoms with van der Waals surface area (Å²) in [6.07, 6.45) is 2.41. The van der Waals surface area contributed by atoms with E-state index in [2.05, 4.69) is 32.2 Å². The minimum absolute atomic E-state index is 0.167. The molecule has 1 N–H and O–H groups in total. The lowest BCUT2D eigenvalue weighted by molar-refractivity contribution is -0.117. The number of anilines is 2. The van der Waals surface area contributed by atoms with Gasteiger partial charge in [0.05, 0.1) is 17.9 Å². The van der Waals surface area contributed by atoms with Gasteiger partial charge in [0.2, 0.25) is 5.91 Å². The zero-order valence-electron chi connectivity index (χ0n) is 11.7. The molecule has 0 bridgehead atoms. The fraction of sp³-hybridized carbons (Fsp3) is 0.533. The maximum absolute atomic E-state index is 12.1. The summed E-state index contributed by atoms with van der Waals surface area (Å²) in [6, 6.07) is 6.18. The fourth-order valence-corrected chi connectivity index (χ4v) is 3.37. The maximum atomic E-state index is 12.1. The molecule has 0 aliphatic carbocycles. The van der Waals surface area contributed by atoms with Crippen LogP contribution in [0.15, 0.2) is 22.7 Å². The van der Waals surface area contributed by atoms with Gasteiger partial charge in [0, 0.05) is 18.1 Å².